The Hall–Kier alpha value is -3.02. The molecule has 2 aliphatic rings. The van der Waals surface area contributed by atoms with Crippen LogP contribution in [0.2, 0.25) is 0 Å². The zero-order chi connectivity index (χ0) is 28.0. The van der Waals surface area contributed by atoms with Gasteiger partial charge in [0, 0.05) is 24.1 Å². The van der Waals surface area contributed by atoms with Crippen molar-refractivity contribution in [2.75, 3.05) is 6.61 Å². The van der Waals surface area contributed by atoms with Crippen molar-refractivity contribution in [3.05, 3.63) is 57.5 Å². The molecule has 1 unspecified atom stereocenters. The Labute approximate surface area is 232 Å². The van der Waals surface area contributed by atoms with E-state index in [9.17, 15) is 14.7 Å². The summed E-state index contributed by atoms with van der Waals surface area (Å²) < 4.78 is 11.1. The summed E-state index contributed by atoms with van der Waals surface area (Å²) in [5.74, 6) is 1.29. The molecule has 1 aliphatic carbocycles. The number of carboxylic acids is 1. The van der Waals surface area contributed by atoms with Crippen molar-refractivity contribution in [1.29, 1.82) is 0 Å². The van der Waals surface area contributed by atoms with Gasteiger partial charge in [-0.1, -0.05) is 76.0 Å². The number of benzene rings is 1. The molecule has 2 N–H and O–H groups in total. The highest BCUT2D eigenvalue weighted by Crippen LogP contribution is 2.37. The van der Waals surface area contributed by atoms with E-state index in [1.165, 1.54) is 76.7 Å². The van der Waals surface area contributed by atoms with E-state index in [0.717, 1.165) is 24.3 Å². The molecule has 0 fully saturated rings. The molecule has 2 heterocycles. The molecule has 2 aromatic rings. The largest absolute Gasteiger partial charge is 0.507 e. The molecule has 0 spiro atoms. The van der Waals surface area contributed by atoms with Crippen LogP contribution >= 0.6 is 0 Å². The van der Waals surface area contributed by atoms with Gasteiger partial charge in [0.25, 0.3) is 0 Å². The zero-order valence-corrected chi connectivity index (χ0v) is 23.8. The van der Waals surface area contributed by atoms with Gasteiger partial charge in [-0.25, -0.2) is 0 Å². The Morgan fingerprint density at radius 1 is 0.974 bits per heavy atom. The Balaban J connectivity index is 0.000000216. The van der Waals surface area contributed by atoms with E-state index in [4.69, 9.17) is 14.3 Å². The van der Waals surface area contributed by atoms with Crippen LogP contribution in [0.25, 0.3) is 11.0 Å². The van der Waals surface area contributed by atoms with Gasteiger partial charge in [0.15, 0.2) is 5.43 Å². The van der Waals surface area contributed by atoms with E-state index in [1.807, 2.05) is 13.0 Å². The number of carbonyl (C=O) groups is 1. The third kappa shape index (κ3) is 10.2. The Kier molecular flexibility index (Phi) is 12.7. The van der Waals surface area contributed by atoms with Crippen LogP contribution < -0.4 is 10.2 Å². The number of phenols is 1. The van der Waals surface area contributed by atoms with Gasteiger partial charge in [0.2, 0.25) is 0 Å². The Morgan fingerprint density at radius 3 is 2.28 bits per heavy atom. The van der Waals surface area contributed by atoms with Crippen LogP contribution in [0.15, 0.2) is 45.1 Å². The number of fused-ring (bicyclic) bond motifs is 2. The maximum absolute atomic E-state index is 12.0. The number of hydrogen-bond acceptors (Lipinski definition) is 5. The molecule has 0 saturated heterocycles. The number of rotatable bonds is 13. The summed E-state index contributed by atoms with van der Waals surface area (Å²) in [5, 5.41) is 19.1. The van der Waals surface area contributed by atoms with Crippen LogP contribution in [-0.2, 0) is 11.2 Å². The molecule has 1 atom stereocenters. The number of hydrogen-bond donors (Lipinski definition) is 2. The van der Waals surface area contributed by atoms with Crippen LogP contribution in [0.1, 0.15) is 108 Å². The number of allylic oxidation sites excluding steroid dienone is 3. The van der Waals surface area contributed by atoms with Crippen LogP contribution in [0.3, 0.4) is 0 Å². The second-order valence-electron chi connectivity index (χ2n) is 11.1. The van der Waals surface area contributed by atoms with Gasteiger partial charge in [0.05, 0.1) is 0 Å². The molecule has 214 valence electrons. The number of aromatic hydroxyl groups is 1. The standard InChI is InChI=1S/C18H32O2.C15H14O4/c19-18(20)16-10-8-6-4-2-1-3-5-7-9-13-17-14-11-12-15-17;1-8-3-4-10-12(18-7-8)6-13-14(15(10)17)11(16)5-9(2)19-13/h11,14,17H,1-10,12-13,15-16H2,(H,19,20);3,5-6,17H,4,7H2,1-2H3. The first-order chi connectivity index (χ1) is 18.8. The highest BCUT2D eigenvalue weighted by atomic mass is 16.5. The predicted molar refractivity (Wildman–Crippen MR) is 157 cm³/mol. The fourth-order valence-electron chi connectivity index (χ4n) is 5.33. The molecular weight excluding hydrogens is 492 g/mol. The molecule has 0 radical (unpaired) electrons. The third-order valence-electron chi connectivity index (χ3n) is 7.62. The Bertz CT molecular complexity index is 1190. The van der Waals surface area contributed by atoms with Gasteiger partial charge in [0.1, 0.15) is 34.8 Å². The van der Waals surface area contributed by atoms with Gasteiger partial charge in [-0.15, -0.1) is 0 Å². The molecule has 4 rings (SSSR count). The van der Waals surface area contributed by atoms with Crippen molar-refractivity contribution < 1.29 is 24.2 Å². The summed E-state index contributed by atoms with van der Waals surface area (Å²) in [5.41, 5.74) is 1.86. The van der Waals surface area contributed by atoms with Crippen molar-refractivity contribution in [2.24, 2.45) is 5.92 Å². The highest BCUT2D eigenvalue weighted by Gasteiger charge is 2.19. The van der Waals surface area contributed by atoms with Crippen molar-refractivity contribution in [3.63, 3.8) is 0 Å². The molecule has 6 heteroatoms. The smallest absolute Gasteiger partial charge is 0.303 e. The maximum Gasteiger partial charge on any atom is 0.303 e. The predicted octanol–water partition coefficient (Wildman–Crippen LogP) is 8.41. The molecule has 0 amide bonds. The number of carboxylic acid groups (broad SMARTS) is 1. The van der Waals surface area contributed by atoms with Crippen molar-refractivity contribution >= 4 is 16.9 Å². The molecule has 0 saturated carbocycles. The third-order valence-corrected chi connectivity index (χ3v) is 7.62. The lowest BCUT2D eigenvalue weighted by Gasteiger charge is -2.11. The first kappa shape index (κ1) is 30.5. The minimum Gasteiger partial charge on any atom is -0.507 e. The first-order valence-electron chi connectivity index (χ1n) is 14.8. The Morgan fingerprint density at radius 2 is 1.64 bits per heavy atom. The van der Waals surface area contributed by atoms with Crippen molar-refractivity contribution in [3.8, 4) is 11.5 Å². The fraction of sp³-hybridized carbons (Fsp3) is 0.576. The van der Waals surface area contributed by atoms with Crippen LogP contribution in [0.5, 0.6) is 11.5 Å². The number of aliphatic carboxylic acids is 1. The highest BCUT2D eigenvalue weighted by molar-refractivity contribution is 5.87. The lowest BCUT2D eigenvalue weighted by molar-refractivity contribution is -0.137. The summed E-state index contributed by atoms with van der Waals surface area (Å²) in [4.78, 5) is 22.3. The quantitative estimate of drug-likeness (QED) is 0.196. The van der Waals surface area contributed by atoms with E-state index < -0.39 is 5.97 Å². The van der Waals surface area contributed by atoms with E-state index >= 15 is 0 Å². The van der Waals surface area contributed by atoms with Crippen LogP contribution in [-0.4, -0.2) is 22.8 Å². The van der Waals surface area contributed by atoms with E-state index in [2.05, 4.69) is 12.2 Å². The average molecular weight is 539 g/mol. The topological polar surface area (TPSA) is 97.0 Å². The summed E-state index contributed by atoms with van der Waals surface area (Å²) >= 11 is 0. The van der Waals surface area contributed by atoms with Gasteiger partial charge in [-0.05, 0) is 57.4 Å². The van der Waals surface area contributed by atoms with Crippen LogP contribution in [0, 0.1) is 12.8 Å². The average Bonchev–Trinajstić information content (AvgIpc) is 3.33. The maximum atomic E-state index is 12.0. The number of ether oxygens (including phenoxy) is 1. The zero-order valence-electron chi connectivity index (χ0n) is 23.8. The molecule has 6 nitrogen and oxygen atoms in total. The van der Waals surface area contributed by atoms with Gasteiger partial charge < -0.3 is 19.4 Å². The van der Waals surface area contributed by atoms with Crippen molar-refractivity contribution in [1.82, 2.24) is 0 Å². The van der Waals surface area contributed by atoms with E-state index in [1.54, 1.807) is 13.0 Å². The SMILES string of the molecule is CC1=CCc2c(cc3oc(C)cc(=O)c3c2O)OC1.O=C(O)CCCCCCCCCCCCC1C=CCC1. The molecule has 0 bridgehead atoms. The molecular formula is C33H46O6. The second-order valence-corrected chi connectivity index (χ2v) is 11.1. The van der Waals surface area contributed by atoms with Gasteiger partial charge >= 0.3 is 5.97 Å². The summed E-state index contributed by atoms with van der Waals surface area (Å²) in [7, 11) is 0. The van der Waals surface area contributed by atoms with E-state index in [0.29, 0.717) is 42.1 Å². The molecule has 1 aromatic carbocycles. The molecule has 1 aromatic heterocycles. The fourth-order valence-corrected chi connectivity index (χ4v) is 5.33. The summed E-state index contributed by atoms with van der Waals surface area (Å²) in [6.07, 6.45) is 24.4. The lowest BCUT2D eigenvalue weighted by Crippen LogP contribution is -2.04. The van der Waals surface area contributed by atoms with Crippen molar-refractivity contribution in [2.45, 2.75) is 110 Å². The van der Waals surface area contributed by atoms with Gasteiger partial charge in [-0.2, -0.15) is 0 Å². The van der Waals surface area contributed by atoms with Crippen LogP contribution in [0.4, 0.5) is 0 Å². The molecule has 1 aliphatic heterocycles. The lowest BCUT2D eigenvalue weighted by atomic mass is 9.99. The summed E-state index contributed by atoms with van der Waals surface area (Å²) in [6.45, 7) is 4.15. The van der Waals surface area contributed by atoms with E-state index in [-0.39, 0.29) is 16.6 Å². The molecule has 39 heavy (non-hydrogen) atoms. The second kappa shape index (κ2) is 16.2. The normalized spacial score (nSPS) is 16.2. The van der Waals surface area contributed by atoms with Gasteiger partial charge in [-0.3, -0.25) is 9.59 Å². The minimum absolute atomic E-state index is 0.0350. The minimum atomic E-state index is -0.655. The monoisotopic (exact) mass is 538 g/mol. The summed E-state index contributed by atoms with van der Waals surface area (Å²) in [6, 6.07) is 3.07. The number of phenolic OH excluding ortho intramolecular Hbond substituents is 1. The first-order valence-corrected chi connectivity index (χ1v) is 14.8. The number of aryl methyl sites for hydroxylation is 1. The number of unbranched alkanes of at least 4 members (excludes halogenated alkanes) is 9.